The predicted molar refractivity (Wildman–Crippen MR) is 128 cm³/mol. The number of fused-ring (bicyclic) bond motifs is 1. The SMILES string of the molecule is Cc1cc(Nc2ccncc2C)ccc1NCCc1c[nH]c2c(C(C)C)cccc12. The lowest BCUT2D eigenvalue weighted by Crippen LogP contribution is -2.06. The molecule has 0 fully saturated rings. The van der Waals surface area contributed by atoms with Gasteiger partial charge in [0.2, 0.25) is 0 Å². The van der Waals surface area contributed by atoms with Crippen molar-refractivity contribution in [3.8, 4) is 0 Å². The quantitative estimate of drug-likeness (QED) is 0.325. The van der Waals surface area contributed by atoms with Gasteiger partial charge in [-0.3, -0.25) is 4.98 Å². The first-order valence-corrected chi connectivity index (χ1v) is 10.6. The molecule has 0 aliphatic rings. The zero-order chi connectivity index (χ0) is 21.1. The number of pyridine rings is 1. The Morgan fingerprint density at radius 2 is 1.87 bits per heavy atom. The number of anilines is 3. The molecule has 0 atom stereocenters. The highest BCUT2D eigenvalue weighted by molar-refractivity contribution is 5.86. The number of nitrogens with zero attached hydrogens (tertiary/aromatic N) is 1. The van der Waals surface area contributed by atoms with Gasteiger partial charge < -0.3 is 15.6 Å². The van der Waals surface area contributed by atoms with Crippen molar-refractivity contribution in [1.82, 2.24) is 9.97 Å². The normalized spacial score (nSPS) is 11.2. The van der Waals surface area contributed by atoms with Crippen LogP contribution >= 0.6 is 0 Å². The van der Waals surface area contributed by atoms with Crippen LogP contribution in [-0.2, 0) is 6.42 Å². The predicted octanol–water partition coefficient (Wildman–Crippen LogP) is 6.70. The Morgan fingerprint density at radius 3 is 2.63 bits per heavy atom. The van der Waals surface area contributed by atoms with E-state index in [-0.39, 0.29) is 0 Å². The van der Waals surface area contributed by atoms with Crippen LogP contribution in [0.15, 0.2) is 61.1 Å². The summed E-state index contributed by atoms with van der Waals surface area (Å²) in [5.74, 6) is 0.518. The number of rotatable bonds is 7. The van der Waals surface area contributed by atoms with Crippen molar-refractivity contribution >= 4 is 28.0 Å². The zero-order valence-electron chi connectivity index (χ0n) is 18.2. The first kappa shape index (κ1) is 20.0. The fraction of sp³-hybridized carbons (Fsp3) is 0.269. The fourth-order valence-electron chi connectivity index (χ4n) is 3.96. The third kappa shape index (κ3) is 4.18. The average molecular weight is 399 g/mol. The van der Waals surface area contributed by atoms with Crippen LogP contribution in [0.2, 0.25) is 0 Å². The van der Waals surface area contributed by atoms with Crippen LogP contribution in [0.3, 0.4) is 0 Å². The molecule has 4 rings (SSSR count). The van der Waals surface area contributed by atoms with Crippen molar-refractivity contribution in [2.24, 2.45) is 0 Å². The Hall–Kier alpha value is -3.27. The summed E-state index contributed by atoms with van der Waals surface area (Å²) in [4.78, 5) is 7.65. The molecular weight excluding hydrogens is 368 g/mol. The maximum absolute atomic E-state index is 4.15. The highest BCUT2D eigenvalue weighted by Gasteiger charge is 2.10. The lowest BCUT2D eigenvalue weighted by Gasteiger charge is -2.13. The minimum Gasteiger partial charge on any atom is -0.384 e. The van der Waals surface area contributed by atoms with Gasteiger partial charge in [-0.2, -0.15) is 0 Å². The Bertz CT molecular complexity index is 1160. The van der Waals surface area contributed by atoms with Crippen LogP contribution in [0.1, 0.15) is 42.0 Å². The minimum absolute atomic E-state index is 0.518. The van der Waals surface area contributed by atoms with E-state index >= 15 is 0 Å². The molecule has 0 aliphatic heterocycles. The molecule has 0 aliphatic carbocycles. The number of aromatic nitrogens is 2. The topological polar surface area (TPSA) is 52.7 Å². The smallest absolute Gasteiger partial charge is 0.0491 e. The largest absolute Gasteiger partial charge is 0.384 e. The number of aryl methyl sites for hydroxylation is 2. The Morgan fingerprint density at radius 1 is 1.00 bits per heavy atom. The zero-order valence-corrected chi connectivity index (χ0v) is 18.2. The van der Waals surface area contributed by atoms with Crippen LogP contribution < -0.4 is 10.6 Å². The fourth-order valence-corrected chi connectivity index (χ4v) is 3.96. The molecule has 0 saturated heterocycles. The second-order valence-corrected chi connectivity index (χ2v) is 8.26. The van der Waals surface area contributed by atoms with Gasteiger partial charge in [-0.25, -0.2) is 0 Å². The van der Waals surface area contributed by atoms with Crippen molar-refractivity contribution in [3.63, 3.8) is 0 Å². The van der Waals surface area contributed by atoms with Crippen LogP contribution in [0.4, 0.5) is 17.1 Å². The molecule has 2 aromatic heterocycles. The Labute approximate surface area is 178 Å². The van der Waals surface area contributed by atoms with E-state index in [1.807, 2.05) is 18.5 Å². The van der Waals surface area contributed by atoms with Gasteiger partial charge in [-0.1, -0.05) is 32.0 Å². The number of aromatic amines is 1. The van der Waals surface area contributed by atoms with Crippen molar-refractivity contribution in [2.75, 3.05) is 17.2 Å². The van der Waals surface area contributed by atoms with E-state index in [2.05, 4.69) is 90.9 Å². The van der Waals surface area contributed by atoms with E-state index in [9.17, 15) is 0 Å². The second-order valence-electron chi connectivity index (χ2n) is 8.26. The van der Waals surface area contributed by atoms with Gasteiger partial charge in [0, 0.05) is 53.1 Å². The summed E-state index contributed by atoms with van der Waals surface area (Å²) in [7, 11) is 0. The van der Waals surface area contributed by atoms with Gasteiger partial charge in [0.25, 0.3) is 0 Å². The van der Waals surface area contributed by atoms with Crippen LogP contribution in [0.5, 0.6) is 0 Å². The summed E-state index contributed by atoms with van der Waals surface area (Å²) in [5, 5.41) is 8.43. The number of para-hydroxylation sites is 1. The Balaban J connectivity index is 1.42. The average Bonchev–Trinajstić information content (AvgIpc) is 3.14. The first-order chi connectivity index (χ1) is 14.5. The molecule has 0 radical (unpaired) electrons. The molecule has 2 heterocycles. The molecule has 4 aromatic rings. The van der Waals surface area contributed by atoms with E-state index in [0.29, 0.717) is 5.92 Å². The van der Waals surface area contributed by atoms with Crippen LogP contribution in [0.25, 0.3) is 10.9 Å². The molecule has 3 N–H and O–H groups in total. The van der Waals surface area contributed by atoms with E-state index in [1.165, 1.54) is 33.3 Å². The van der Waals surface area contributed by atoms with Gasteiger partial charge in [0.1, 0.15) is 0 Å². The monoisotopic (exact) mass is 398 g/mol. The number of H-pyrrole nitrogens is 1. The molecule has 30 heavy (non-hydrogen) atoms. The van der Waals surface area contributed by atoms with Gasteiger partial charge in [0.05, 0.1) is 0 Å². The van der Waals surface area contributed by atoms with E-state index in [0.717, 1.165) is 29.9 Å². The first-order valence-electron chi connectivity index (χ1n) is 10.6. The summed E-state index contributed by atoms with van der Waals surface area (Å²) >= 11 is 0. The van der Waals surface area contributed by atoms with E-state index in [1.54, 1.807) is 0 Å². The maximum atomic E-state index is 4.15. The molecule has 0 spiro atoms. The summed E-state index contributed by atoms with van der Waals surface area (Å²) in [6.45, 7) is 9.60. The summed E-state index contributed by atoms with van der Waals surface area (Å²) in [5.41, 5.74) is 9.74. The lowest BCUT2D eigenvalue weighted by atomic mass is 9.99. The number of benzene rings is 2. The van der Waals surface area contributed by atoms with Gasteiger partial charge in [0.15, 0.2) is 0 Å². The Kier molecular flexibility index (Phi) is 5.75. The molecule has 0 amide bonds. The van der Waals surface area contributed by atoms with Gasteiger partial charge in [-0.15, -0.1) is 0 Å². The number of hydrogen-bond acceptors (Lipinski definition) is 3. The number of nitrogens with one attached hydrogen (secondary N) is 3. The van der Waals surface area contributed by atoms with Gasteiger partial charge >= 0.3 is 0 Å². The highest BCUT2D eigenvalue weighted by atomic mass is 14.9. The summed E-state index contributed by atoms with van der Waals surface area (Å²) < 4.78 is 0. The van der Waals surface area contributed by atoms with Gasteiger partial charge in [-0.05, 0) is 72.7 Å². The molecular formula is C26H30N4. The van der Waals surface area contributed by atoms with Crippen molar-refractivity contribution in [1.29, 1.82) is 0 Å². The van der Waals surface area contributed by atoms with E-state index in [4.69, 9.17) is 0 Å². The molecule has 4 heteroatoms. The standard InChI is InChI=1S/C26H30N4/c1-17(2)22-6-5-7-23-20(16-29-26(22)23)10-13-28-24-9-8-21(14-18(24)3)30-25-11-12-27-15-19(25)4/h5-9,11-12,14-17,28-29H,10,13H2,1-4H3,(H,27,30). The molecule has 0 bridgehead atoms. The third-order valence-electron chi connectivity index (χ3n) is 5.69. The van der Waals surface area contributed by atoms with E-state index < -0.39 is 0 Å². The number of hydrogen-bond donors (Lipinski definition) is 3. The van der Waals surface area contributed by atoms with Crippen molar-refractivity contribution in [3.05, 3.63) is 83.3 Å². The highest BCUT2D eigenvalue weighted by Crippen LogP contribution is 2.28. The third-order valence-corrected chi connectivity index (χ3v) is 5.69. The molecule has 0 unspecified atom stereocenters. The minimum atomic E-state index is 0.518. The van der Waals surface area contributed by atoms with Crippen LogP contribution in [0, 0.1) is 13.8 Å². The lowest BCUT2D eigenvalue weighted by molar-refractivity contribution is 0.873. The van der Waals surface area contributed by atoms with Crippen molar-refractivity contribution < 1.29 is 0 Å². The maximum Gasteiger partial charge on any atom is 0.0491 e. The molecule has 4 nitrogen and oxygen atoms in total. The summed E-state index contributed by atoms with van der Waals surface area (Å²) in [6.07, 6.45) is 6.83. The molecule has 0 saturated carbocycles. The van der Waals surface area contributed by atoms with Crippen LogP contribution in [-0.4, -0.2) is 16.5 Å². The molecule has 2 aromatic carbocycles. The van der Waals surface area contributed by atoms with Crippen molar-refractivity contribution in [2.45, 2.75) is 40.0 Å². The molecule has 154 valence electrons. The summed E-state index contributed by atoms with van der Waals surface area (Å²) in [6, 6.07) is 15.1. The second kappa shape index (κ2) is 8.62.